The third-order valence-electron chi connectivity index (χ3n) is 2.85. The highest BCUT2D eigenvalue weighted by Gasteiger charge is 2.09. The van der Waals surface area contributed by atoms with Gasteiger partial charge in [0.2, 0.25) is 5.75 Å². The van der Waals surface area contributed by atoms with Crippen LogP contribution in [0.25, 0.3) is 11.2 Å². The second-order valence-electron chi connectivity index (χ2n) is 4.26. The van der Waals surface area contributed by atoms with Crippen molar-refractivity contribution in [1.82, 2.24) is 19.9 Å². The number of nitrogens with one attached hydrogen (secondary N) is 3. The maximum atomic E-state index is 11.4. The lowest BCUT2D eigenvalue weighted by molar-refractivity contribution is 0.367. The fourth-order valence-electron chi connectivity index (χ4n) is 1.79. The summed E-state index contributed by atoms with van der Waals surface area (Å²) < 4.78 is 0. The highest BCUT2D eigenvalue weighted by atomic mass is 16.3. The van der Waals surface area contributed by atoms with Crippen molar-refractivity contribution in [2.24, 2.45) is 5.10 Å². The van der Waals surface area contributed by atoms with E-state index in [1.807, 2.05) is 0 Å². The molecule has 0 bridgehead atoms. The number of aromatic amines is 2. The first-order valence-corrected chi connectivity index (χ1v) is 6.02. The van der Waals surface area contributed by atoms with E-state index in [0.29, 0.717) is 5.52 Å². The summed E-state index contributed by atoms with van der Waals surface area (Å²) in [6.45, 7) is 0. The Balaban J connectivity index is 1.90. The number of phenolic OH excluding ortho intramolecular Hbond substituents is 3. The largest absolute Gasteiger partial charge is 0.504 e. The summed E-state index contributed by atoms with van der Waals surface area (Å²) in [7, 11) is 0. The summed E-state index contributed by atoms with van der Waals surface area (Å²) in [4.78, 5) is 24.1. The maximum absolute atomic E-state index is 11.4. The Morgan fingerprint density at radius 1 is 1.23 bits per heavy atom. The molecule has 0 radical (unpaired) electrons. The Morgan fingerprint density at radius 2 is 2.05 bits per heavy atom. The summed E-state index contributed by atoms with van der Waals surface area (Å²) >= 11 is 0. The average molecular weight is 302 g/mol. The minimum Gasteiger partial charge on any atom is -0.504 e. The molecule has 6 N–H and O–H groups in total. The second kappa shape index (κ2) is 5.09. The lowest BCUT2D eigenvalue weighted by atomic mass is 10.2. The number of aromatic nitrogens is 4. The molecule has 3 aromatic rings. The Bertz CT molecular complexity index is 929. The predicted molar refractivity (Wildman–Crippen MR) is 77.2 cm³/mol. The van der Waals surface area contributed by atoms with Gasteiger partial charge in [-0.25, -0.2) is 9.78 Å². The zero-order valence-electron chi connectivity index (χ0n) is 10.9. The lowest BCUT2D eigenvalue weighted by Gasteiger charge is -2.04. The van der Waals surface area contributed by atoms with Crippen LogP contribution in [0.3, 0.4) is 0 Å². The van der Waals surface area contributed by atoms with Crippen molar-refractivity contribution >= 4 is 23.2 Å². The molecule has 0 fully saturated rings. The van der Waals surface area contributed by atoms with Crippen LogP contribution in [0, 0.1) is 0 Å². The molecule has 0 amide bonds. The monoisotopic (exact) mass is 302 g/mol. The quantitative estimate of drug-likeness (QED) is 0.229. The number of hydrogen-bond acceptors (Lipinski definition) is 8. The molecule has 2 heterocycles. The summed E-state index contributed by atoms with van der Waals surface area (Å²) in [5.41, 5.74) is 2.83. The van der Waals surface area contributed by atoms with Crippen molar-refractivity contribution in [3.8, 4) is 17.2 Å². The summed E-state index contributed by atoms with van der Waals surface area (Å²) in [6.07, 6.45) is 2.58. The van der Waals surface area contributed by atoms with Crippen LogP contribution in [0.15, 0.2) is 28.4 Å². The van der Waals surface area contributed by atoms with Gasteiger partial charge in [0.05, 0.1) is 12.5 Å². The minimum atomic E-state index is -0.641. The number of rotatable bonds is 3. The van der Waals surface area contributed by atoms with Gasteiger partial charge in [-0.2, -0.15) is 10.1 Å². The number of fused-ring (bicyclic) bond motifs is 1. The highest BCUT2D eigenvalue weighted by molar-refractivity contribution is 5.87. The van der Waals surface area contributed by atoms with Crippen molar-refractivity contribution in [2.75, 3.05) is 5.43 Å². The Hall–Kier alpha value is -3.56. The van der Waals surface area contributed by atoms with Gasteiger partial charge < -0.3 is 20.3 Å². The van der Waals surface area contributed by atoms with Crippen LogP contribution in [-0.4, -0.2) is 41.5 Å². The van der Waals surface area contributed by atoms with Crippen LogP contribution < -0.4 is 11.1 Å². The molecule has 0 spiro atoms. The standard InChI is InChI=1S/C12H10N6O4/c19-6-2-1-5(8(20)9(6)21)3-15-18-11-7-10(14-4-13-7)16-12(22)17-11/h1-4,19-21H,(H3,13,14,16,17,18,22)/b15-3+. The molecule has 1 aromatic carbocycles. The van der Waals surface area contributed by atoms with E-state index in [9.17, 15) is 20.1 Å². The fraction of sp³-hybridized carbons (Fsp3) is 0. The number of aromatic hydroxyl groups is 3. The molecular formula is C12H10N6O4. The number of benzene rings is 1. The van der Waals surface area contributed by atoms with Gasteiger partial charge in [0.15, 0.2) is 23.0 Å². The molecule has 0 atom stereocenters. The second-order valence-corrected chi connectivity index (χ2v) is 4.26. The number of imidazole rings is 1. The zero-order chi connectivity index (χ0) is 15.7. The van der Waals surface area contributed by atoms with E-state index in [1.54, 1.807) is 0 Å². The third kappa shape index (κ3) is 2.28. The van der Waals surface area contributed by atoms with E-state index >= 15 is 0 Å². The SMILES string of the molecule is O=c1nc2nc[nH]c2c(N/N=C/c2ccc(O)c(O)c2O)[nH]1. The lowest BCUT2D eigenvalue weighted by Crippen LogP contribution is -2.12. The molecule has 0 saturated carbocycles. The smallest absolute Gasteiger partial charge is 0.348 e. The van der Waals surface area contributed by atoms with Gasteiger partial charge in [-0.3, -0.25) is 10.4 Å². The minimum absolute atomic E-state index is 0.167. The van der Waals surface area contributed by atoms with Gasteiger partial charge in [-0.1, -0.05) is 0 Å². The predicted octanol–water partition coefficient (Wildman–Crippen LogP) is 0.209. The molecule has 10 nitrogen and oxygen atoms in total. The van der Waals surface area contributed by atoms with E-state index in [-0.39, 0.29) is 17.0 Å². The van der Waals surface area contributed by atoms with Crippen LogP contribution in [0.4, 0.5) is 5.82 Å². The highest BCUT2D eigenvalue weighted by Crippen LogP contribution is 2.36. The molecule has 10 heteroatoms. The van der Waals surface area contributed by atoms with Gasteiger partial charge >= 0.3 is 5.69 Å². The van der Waals surface area contributed by atoms with Crippen LogP contribution in [0.1, 0.15) is 5.56 Å². The Morgan fingerprint density at radius 3 is 2.86 bits per heavy atom. The normalized spacial score (nSPS) is 11.3. The summed E-state index contributed by atoms with van der Waals surface area (Å²) in [5, 5.41) is 32.1. The van der Waals surface area contributed by atoms with E-state index in [0.717, 1.165) is 0 Å². The van der Waals surface area contributed by atoms with Gasteiger partial charge in [-0.05, 0) is 12.1 Å². The number of hydrogen-bond donors (Lipinski definition) is 6. The third-order valence-corrected chi connectivity index (χ3v) is 2.85. The van der Waals surface area contributed by atoms with Crippen molar-refractivity contribution in [3.63, 3.8) is 0 Å². The van der Waals surface area contributed by atoms with E-state index in [2.05, 4.69) is 30.5 Å². The fourth-order valence-corrected chi connectivity index (χ4v) is 1.79. The molecule has 0 aliphatic heterocycles. The average Bonchev–Trinajstić information content (AvgIpc) is 2.95. The molecule has 0 aliphatic rings. The first-order valence-electron chi connectivity index (χ1n) is 6.02. The number of phenols is 3. The molecule has 0 unspecified atom stereocenters. The van der Waals surface area contributed by atoms with Crippen molar-refractivity contribution < 1.29 is 15.3 Å². The molecule has 0 aliphatic carbocycles. The number of H-pyrrole nitrogens is 2. The first-order chi connectivity index (χ1) is 10.6. The summed E-state index contributed by atoms with van der Waals surface area (Å²) in [5.74, 6) is -1.36. The van der Waals surface area contributed by atoms with Crippen molar-refractivity contribution in [3.05, 3.63) is 34.5 Å². The van der Waals surface area contributed by atoms with Gasteiger partial charge in [0, 0.05) is 5.56 Å². The molecule has 3 rings (SSSR count). The zero-order valence-corrected chi connectivity index (χ0v) is 10.9. The molecule has 22 heavy (non-hydrogen) atoms. The molecule has 0 saturated heterocycles. The van der Waals surface area contributed by atoms with Crippen molar-refractivity contribution in [2.45, 2.75) is 0 Å². The van der Waals surface area contributed by atoms with E-state index in [1.165, 1.54) is 24.7 Å². The van der Waals surface area contributed by atoms with Crippen LogP contribution in [0.2, 0.25) is 0 Å². The van der Waals surface area contributed by atoms with Crippen LogP contribution in [0.5, 0.6) is 17.2 Å². The molecule has 2 aromatic heterocycles. The van der Waals surface area contributed by atoms with E-state index in [4.69, 9.17) is 0 Å². The van der Waals surface area contributed by atoms with Crippen LogP contribution >= 0.6 is 0 Å². The van der Waals surface area contributed by atoms with Crippen LogP contribution in [-0.2, 0) is 0 Å². The van der Waals surface area contributed by atoms with E-state index < -0.39 is 22.9 Å². The summed E-state index contributed by atoms with van der Waals surface area (Å²) in [6, 6.07) is 2.56. The Kier molecular flexibility index (Phi) is 3.10. The Labute approximate surface area is 121 Å². The number of anilines is 1. The molecule has 112 valence electrons. The number of nitrogens with zero attached hydrogens (tertiary/aromatic N) is 3. The maximum Gasteiger partial charge on any atom is 0.348 e. The van der Waals surface area contributed by atoms with Gasteiger partial charge in [0.1, 0.15) is 5.52 Å². The number of hydrazone groups is 1. The van der Waals surface area contributed by atoms with Crippen molar-refractivity contribution in [1.29, 1.82) is 0 Å². The van der Waals surface area contributed by atoms with Gasteiger partial charge in [0.25, 0.3) is 0 Å². The molecular weight excluding hydrogens is 292 g/mol. The first kappa shape index (κ1) is 13.4. The van der Waals surface area contributed by atoms with Gasteiger partial charge in [-0.15, -0.1) is 0 Å². The topological polar surface area (TPSA) is 160 Å².